The molecule has 1 amide bonds. The Morgan fingerprint density at radius 2 is 2.20 bits per heavy atom. The SMILES string of the molecule is CN(C(=O)c1cc([N+](=O)[O-])cnc1Cl)c1cccnc1. The summed E-state index contributed by atoms with van der Waals surface area (Å²) in [5.74, 6) is -0.501. The van der Waals surface area contributed by atoms with Crippen LogP contribution in [-0.4, -0.2) is 27.8 Å². The number of hydrogen-bond acceptors (Lipinski definition) is 5. The highest BCUT2D eigenvalue weighted by Crippen LogP contribution is 2.22. The lowest BCUT2D eigenvalue weighted by molar-refractivity contribution is -0.385. The van der Waals surface area contributed by atoms with Crippen LogP contribution in [0.4, 0.5) is 11.4 Å². The van der Waals surface area contributed by atoms with Gasteiger partial charge in [0.15, 0.2) is 0 Å². The first-order chi connectivity index (χ1) is 9.50. The first-order valence-electron chi connectivity index (χ1n) is 5.48. The molecule has 0 radical (unpaired) electrons. The van der Waals surface area contributed by atoms with E-state index in [0.29, 0.717) is 5.69 Å². The molecule has 0 unspecified atom stereocenters. The molecule has 0 aliphatic carbocycles. The Labute approximate surface area is 119 Å². The topological polar surface area (TPSA) is 89.2 Å². The molecule has 0 saturated carbocycles. The van der Waals surface area contributed by atoms with Gasteiger partial charge in [-0.2, -0.15) is 0 Å². The van der Waals surface area contributed by atoms with Crippen LogP contribution in [0.25, 0.3) is 0 Å². The average molecular weight is 293 g/mol. The van der Waals surface area contributed by atoms with Crippen molar-refractivity contribution in [2.75, 3.05) is 11.9 Å². The fourth-order valence-corrected chi connectivity index (χ4v) is 1.72. The van der Waals surface area contributed by atoms with Crippen LogP contribution in [-0.2, 0) is 0 Å². The van der Waals surface area contributed by atoms with Gasteiger partial charge in [-0.05, 0) is 12.1 Å². The van der Waals surface area contributed by atoms with Crippen LogP contribution < -0.4 is 4.90 Å². The van der Waals surface area contributed by atoms with Crippen molar-refractivity contribution >= 4 is 28.9 Å². The summed E-state index contributed by atoms with van der Waals surface area (Å²) in [7, 11) is 1.52. The molecule has 2 rings (SSSR count). The number of rotatable bonds is 3. The quantitative estimate of drug-likeness (QED) is 0.492. The van der Waals surface area contributed by atoms with E-state index in [-0.39, 0.29) is 16.4 Å². The van der Waals surface area contributed by atoms with Gasteiger partial charge >= 0.3 is 0 Å². The average Bonchev–Trinajstić information content (AvgIpc) is 2.47. The third-order valence-electron chi connectivity index (χ3n) is 2.60. The van der Waals surface area contributed by atoms with E-state index < -0.39 is 10.8 Å². The maximum absolute atomic E-state index is 12.3. The van der Waals surface area contributed by atoms with Crippen LogP contribution in [0, 0.1) is 10.1 Å². The van der Waals surface area contributed by atoms with E-state index >= 15 is 0 Å². The van der Waals surface area contributed by atoms with E-state index in [1.54, 1.807) is 18.3 Å². The highest BCUT2D eigenvalue weighted by atomic mass is 35.5. The van der Waals surface area contributed by atoms with E-state index in [2.05, 4.69) is 9.97 Å². The molecule has 2 aromatic heterocycles. The Bertz CT molecular complexity index is 663. The molecule has 0 aromatic carbocycles. The van der Waals surface area contributed by atoms with Gasteiger partial charge in [-0.3, -0.25) is 19.9 Å². The first-order valence-corrected chi connectivity index (χ1v) is 5.86. The van der Waals surface area contributed by atoms with Crippen molar-refractivity contribution in [2.24, 2.45) is 0 Å². The lowest BCUT2D eigenvalue weighted by Crippen LogP contribution is -2.26. The summed E-state index contributed by atoms with van der Waals surface area (Å²) in [4.78, 5) is 31.2. The van der Waals surface area contributed by atoms with Crippen LogP contribution in [0.1, 0.15) is 10.4 Å². The van der Waals surface area contributed by atoms with Crippen molar-refractivity contribution in [2.45, 2.75) is 0 Å². The fraction of sp³-hybridized carbons (Fsp3) is 0.0833. The molecular formula is C12H9ClN4O3. The van der Waals surface area contributed by atoms with Crippen molar-refractivity contribution in [3.63, 3.8) is 0 Å². The molecule has 2 aromatic rings. The lowest BCUT2D eigenvalue weighted by atomic mass is 10.2. The number of anilines is 1. The zero-order valence-corrected chi connectivity index (χ0v) is 11.1. The van der Waals surface area contributed by atoms with Gasteiger partial charge in [0.1, 0.15) is 11.3 Å². The second kappa shape index (κ2) is 5.62. The predicted molar refractivity (Wildman–Crippen MR) is 72.9 cm³/mol. The fourth-order valence-electron chi connectivity index (χ4n) is 1.54. The minimum absolute atomic E-state index is 0.0350. The smallest absolute Gasteiger partial charge is 0.288 e. The molecule has 0 aliphatic rings. The number of nitrogens with zero attached hydrogens (tertiary/aromatic N) is 4. The van der Waals surface area contributed by atoms with Crippen molar-refractivity contribution in [1.29, 1.82) is 0 Å². The molecule has 20 heavy (non-hydrogen) atoms. The van der Waals surface area contributed by atoms with Gasteiger partial charge in [-0.1, -0.05) is 11.6 Å². The Hall–Kier alpha value is -2.54. The third-order valence-corrected chi connectivity index (χ3v) is 2.90. The summed E-state index contributed by atoms with van der Waals surface area (Å²) in [6.45, 7) is 0. The Morgan fingerprint density at radius 3 is 2.80 bits per heavy atom. The second-order valence-electron chi connectivity index (χ2n) is 3.86. The molecular weight excluding hydrogens is 284 g/mol. The zero-order valence-electron chi connectivity index (χ0n) is 10.4. The molecule has 0 aliphatic heterocycles. The number of nitro groups is 1. The van der Waals surface area contributed by atoms with Crippen molar-refractivity contribution < 1.29 is 9.72 Å². The first kappa shape index (κ1) is 13.9. The van der Waals surface area contributed by atoms with E-state index in [9.17, 15) is 14.9 Å². The Kier molecular flexibility index (Phi) is 3.90. The number of hydrogen-bond donors (Lipinski definition) is 0. The van der Waals surface area contributed by atoms with Gasteiger partial charge in [0.25, 0.3) is 11.6 Å². The minimum atomic E-state index is -0.635. The van der Waals surface area contributed by atoms with Crippen molar-refractivity contribution in [1.82, 2.24) is 9.97 Å². The summed E-state index contributed by atoms with van der Waals surface area (Å²) < 4.78 is 0. The number of carbonyl (C=O) groups is 1. The van der Waals surface area contributed by atoms with E-state index in [1.165, 1.54) is 18.1 Å². The number of pyridine rings is 2. The highest BCUT2D eigenvalue weighted by molar-refractivity contribution is 6.33. The van der Waals surface area contributed by atoms with Gasteiger partial charge in [-0.15, -0.1) is 0 Å². The Balaban J connectivity index is 2.38. The monoisotopic (exact) mass is 292 g/mol. The number of aromatic nitrogens is 2. The third kappa shape index (κ3) is 2.72. The number of halogens is 1. The number of amides is 1. The van der Waals surface area contributed by atoms with Gasteiger partial charge in [0, 0.05) is 19.3 Å². The zero-order chi connectivity index (χ0) is 14.7. The molecule has 0 atom stereocenters. The molecule has 0 fully saturated rings. The van der Waals surface area contributed by atoms with E-state index in [1.807, 2.05) is 0 Å². The maximum atomic E-state index is 12.3. The summed E-state index contributed by atoms with van der Waals surface area (Å²) in [5, 5.41) is 10.6. The van der Waals surface area contributed by atoms with Gasteiger partial charge in [0.05, 0.1) is 22.4 Å². The van der Waals surface area contributed by atoms with Crippen molar-refractivity contribution in [3.05, 3.63) is 57.6 Å². The molecule has 0 N–H and O–H groups in total. The van der Waals surface area contributed by atoms with Crippen LogP contribution in [0.5, 0.6) is 0 Å². The van der Waals surface area contributed by atoms with Crippen molar-refractivity contribution in [3.8, 4) is 0 Å². The highest BCUT2D eigenvalue weighted by Gasteiger charge is 2.21. The van der Waals surface area contributed by atoms with E-state index in [0.717, 1.165) is 12.3 Å². The van der Waals surface area contributed by atoms with Crippen LogP contribution in [0.2, 0.25) is 5.15 Å². The molecule has 0 bridgehead atoms. The number of carbonyl (C=O) groups excluding carboxylic acids is 1. The molecule has 2 heterocycles. The minimum Gasteiger partial charge on any atom is -0.310 e. The summed E-state index contributed by atoms with van der Waals surface area (Å²) in [6.07, 6.45) is 4.07. The normalized spacial score (nSPS) is 10.1. The van der Waals surface area contributed by atoms with Crippen LogP contribution in [0.15, 0.2) is 36.8 Å². The van der Waals surface area contributed by atoms with Crippen LogP contribution >= 0.6 is 11.6 Å². The second-order valence-corrected chi connectivity index (χ2v) is 4.22. The van der Waals surface area contributed by atoms with Gasteiger partial charge in [0.2, 0.25) is 0 Å². The molecule has 0 spiro atoms. The lowest BCUT2D eigenvalue weighted by Gasteiger charge is -2.16. The predicted octanol–water partition coefficient (Wildman–Crippen LogP) is 2.31. The Morgan fingerprint density at radius 1 is 1.45 bits per heavy atom. The largest absolute Gasteiger partial charge is 0.310 e. The van der Waals surface area contributed by atoms with Crippen LogP contribution in [0.3, 0.4) is 0 Å². The molecule has 102 valence electrons. The summed E-state index contributed by atoms with van der Waals surface area (Å²) in [6, 6.07) is 4.46. The van der Waals surface area contributed by atoms with Gasteiger partial charge in [-0.25, -0.2) is 4.98 Å². The maximum Gasteiger partial charge on any atom is 0.288 e. The standard InChI is InChI=1S/C12H9ClN4O3/c1-16(8-3-2-4-14-6-8)12(18)10-5-9(17(19)20)7-15-11(10)13/h2-7H,1H3. The summed E-state index contributed by atoms with van der Waals surface area (Å²) in [5.41, 5.74) is 0.213. The molecule has 8 heteroatoms. The van der Waals surface area contributed by atoms with Gasteiger partial charge < -0.3 is 4.90 Å². The molecule has 0 saturated heterocycles. The van der Waals surface area contributed by atoms with E-state index in [4.69, 9.17) is 11.6 Å². The molecule has 7 nitrogen and oxygen atoms in total. The summed E-state index contributed by atoms with van der Waals surface area (Å²) >= 11 is 5.83.